The molecular formula is C33H42O6Si. The Hall–Kier alpha value is -2.39. The molecule has 2 aromatic carbocycles. The predicted octanol–water partition coefficient (Wildman–Crippen LogP) is 5.06. The van der Waals surface area contributed by atoms with Crippen LogP contribution in [0.1, 0.15) is 54.4 Å². The largest absolute Gasteiger partial charge is 0.400 e. The Morgan fingerprint density at radius 1 is 0.925 bits per heavy atom. The summed E-state index contributed by atoms with van der Waals surface area (Å²) in [6.45, 7) is 12.6. The number of hydrogen-bond donors (Lipinski definition) is 0. The Morgan fingerprint density at radius 2 is 1.48 bits per heavy atom. The van der Waals surface area contributed by atoms with E-state index >= 15 is 0 Å². The molecule has 0 saturated carbocycles. The van der Waals surface area contributed by atoms with Crippen LogP contribution >= 0.6 is 0 Å². The highest BCUT2D eigenvalue weighted by Gasteiger charge is 2.61. The van der Waals surface area contributed by atoms with Crippen molar-refractivity contribution < 1.29 is 28.2 Å². The number of ether oxygens (including phenoxy) is 4. The van der Waals surface area contributed by atoms with Gasteiger partial charge in [-0.3, -0.25) is 4.79 Å². The molecular weight excluding hydrogens is 520 g/mol. The van der Waals surface area contributed by atoms with Gasteiger partial charge in [0.15, 0.2) is 11.6 Å². The van der Waals surface area contributed by atoms with Gasteiger partial charge < -0.3 is 23.4 Å². The molecule has 0 amide bonds. The van der Waals surface area contributed by atoms with Crippen LogP contribution in [0.3, 0.4) is 0 Å². The molecule has 0 bridgehead atoms. The molecule has 1 fully saturated rings. The Kier molecular flexibility index (Phi) is 7.39. The lowest BCUT2D eigenvalue weighted by molar-refractivity contribution is -0.180. The zero-order valence-electron chi connectivity index (χ0n) is 24.9. The number of allylic oxidation sites excluding steroid dienone is 1. The summed E-state index contributed by atoms with van der Waals surface area (Å²) in [5.41, 5.74) is 0.615. The molecule has 0 aromatic heterocycles. The predicted molar refractivity (Wildman–Crippen MR) is 158 cm³/mol. The minimum atomic E-state index is -3.02. The van der Waals surface area contributed by atoms with Gasteiger partial charge in [-0.05, 0) is 48.3 Å². The monoisotopic (exact) mass is 562 g/mol. The van der Waals surface area contributed by atoms with E-state index in [9.17, 15) is 4.79 Å². The van der Waals surface area contributed by atoms with Crippen molar-refractivity contribution in [1.29, 1.82) is 0 Å². The summed E-state index contributed by atoms with van der Waals surface area (Å²) >= 11 is 0. The van der Waals surface area contributed by atoms with Crippen molar-refractivity contribution in [2.75, 3.05) is 14.2 Å². The van der Waals surface area contributed by atoms with Crippen LogP contribution in [0.25, 0.3) is 0 Å². The first kappa shape index (κ1) is 29.1. The highest BCUT2D eigenvalue weighted by molar-refractivity contribution is 6.99. The molecule has 2 aliphatic carbocycles. The van der Waals surface area contributed by atoms with E-state index in [1.54, 1.807) is 26.4 Å². The van der Waals surface area contributed by atoms with Crippen molar-refractivity contribution in [3.05, 3.63) is 84.0 Å². The lowest BCUT2D eigenvalue weighted by Crippen LogP contribution is -2.69. The number of carbonyl (C=O) groups is 1. The quantitative estimate of drug-likeness (QED) is 0.362. The summed E-state index contributed by atoms with van der Waals surface area (Å²) in [6.07, 6.45) is 3.37. The number of rotatable bonds is 6. The average Bonchev–Trinajstić information content (AvgIpc) is 3.14. The third kappa shape index (κ3) is 4.57. The minimum absolute atomic E-state index is 0.0802. The van der Waals surface area contributed by atoms with Crippen LogP contribution in [0.4, 0.5) is 0 Å². The summed E-state index contributed by atoms with van der Waals surface area (Å²) in [4.78, 5) is 13.8. The van der Waals surface area contributed by atoms with E-state index < -0.39 is 31.6 Å². The van der Waals surface area contributed by atoms with Crippen LogP contribution < -0.4 is 10.4 Å². The number of methoxy groups -OCH3 is 2. The summed E-state index contributed by atoms with van der Waals surface area (Å²) in [7, 11) is 0.185. The molecule has 3 atom stereocenters. The molecule has 3 aliphatic rings. The number of carbonyl (C=O) groups excluding carboxylic acids is 1. The molecule has 1 saturated heterocycles. The Balaban J connectivity index is 1.76. The second kappa shape index (κ2) is 10.2. The molecule has 0 N–H and O–H groups in total. The van der Waals surface area contributed by atoms with E-state index in [1.807, 2.05) is 32.9 Å². The third-order valence-corrected chi connectivity index (χ3v) is 13.8. The molecule has 40 heavy (non-hydrogen) atoms. The molecule has 2 aromatic rings. The van der Waals surface area contributed by atoms with Gasteiger partial charge >= 0.3 is 0 Å². The maximum absolute atomic E-state index is 13.8. The number of ketones is 1. The van der Waals surface area contributed by atoms with Gasteiger partial charge in [0.1, 0.15) is 5.60 Å². The van der Waals surface area contributed by atoms with E-state index in [4.69, 9.17) is 23.4 Å². The Morgan fingerprint density at radius 3 is 1.93 bits per heavy atom. The Labute approximate surface area is 239 Å². The fourth-order valence-corrected chi connectivity index (χ4v) is 11.7. The SMILES string of the molecule is COC1(OC)C=CC(=O)C2=C1C[C@@]1(C[C@@H]2O[Si](c2ccccc2)(c2ccccc2)C(C)(C)C)OC(C)(C)OC1C. The molecule has 5 rings (SSSR count). The molecule has 1 heterocycles. The summed E-state index contributed by atoms with van der Waals surface area (Å²) in [5, 5.41) is 2.03. The molecule has 0 radical (unpaired) electrons. The highest BCUT2D eigenvalue weighted by atomic mass is 28.4. The summed E-state index contributed by atoms with van der Waals surface area (Å²) < 4.78 is 32.7. The van der Waals surface area contributed by atoms with Crippen molar-refractivity contribution >= 4 is 24.5 Å². The van der Waals surface area contributed by atoms with E-state index in [-0.39, 0.29) is 16.9 Å². The maximum Gasteiger partial charge on any atom is 0.261 e. The van der Waals surface area contributed by atoms with Crippen molar-refractivity contribution in [3.63, 3.8) is 0 Å². The van der Waals surface area contributed by atoms with E-state index in [1.165, 1.54) is 0 Å². The van der Waals surface area contributed by atoms with Crippen LogP contribution in [-0.4, -0.2) is 57.7 Å². The first-order valence-electron chi connectivity index (χ1n) is 14.1. The standard InChI is InChI=1S/C33H42O6Si/c1-23-32(39-31(5,6)37-23)21-26-29(27(34)19-20-33(26,35-7)36-8)28(22-32)38-40(30(2,3)4,24-15-11-9-12-16-24)25-17-13-10-14-18-25/h9-20,23,28H,21-22H2,1-8H3/t23?,28-,32-/m0/s1. The van der Waals surface area contributed by atoms with Gasteiger partial charge in [0, 0.05) is 38.2 Å². The summed E-state index contributed by atoms with van der Waals surface area (Å²) in [6, 6.07) is 21.0. The van der Waals surface area contributed by atoms with E-state index in [2.05, 4.69) is 69.3 Å². The molecule has 7 heteroatoms. The zero-order chi connectivity index (χ0) is 29.0. The van der Waals surface area contributed by atoms with Crippen LogP contribution in [0.2, 0.25) is 5.04 Å². The maximum atomic E-state index is 13.8. The van der Waals surface area contributed by atoms with Gasteiger partial charge in [0.25, 0.3) is 8.32 Å². The first-order valence-corrected chi connectivity index (χ1v) is 16.0. The zero-order valence-corrected chi connectivity index (χ0v) is 25.9. The van der Waals surface area contributed by atoms with Crippen molar-refractivity contribution in [2.24, 2.45) is 0 Å². The highest BCUT2D eigenvalue weighted by Crippen LogP contribution is 2.53. The second-order valence-electron chi connectivity index (χ2n) is 12.6. The molecule has 1 spiro atoms. The lowest BCUT2D eigenvalue weighted by atomic mass is 9.71. The number of benzene rings is 2. The Bertz CT molecular complexity index is 1270. The van der Waals surface area contributed by atoms with Crippen molar-refractivity contribution in [2.45, 2.75) is 88.8 Å². The fraction of sp³-hybridized carbons (Fsp3) is 0.485. The van der Waals surface area contributed by atoms with Crippen molar-refractivity contribution in [1.82, 2.24) is 0 Å². The van der Waals surface area contributed by atoms with Crippen molar-refractivity contribution in [3.8, 4) is 0 Å². The normalized spacial score (nSPS) is 27.8. The molecule has 6 nitrogen and oxygen atoms in total. The van der Waals surface area contributed by atoms with Gasteiger partial charge in [-0.2, -0.15) is 0 Å². The van der Waals surface area contributed by atoms with Gasteiger partial charge in [0.2, 0.25) is 5.79 Å². The smallest absolute Gasteiger partial charge is 0.261 e. The summed E-state index contributed by atoms with van der Waals surface area (Å²) in [5.74, 6) is -2.06. The van der Waals surface area contributed by atoms with Crippen LogP contribution in [-0.2, 0) is 28.2 Å². The molecule has 1 aliphatic heterocycles. The van der Waals surface area contributed by atoms with Gasteiger partial charge in [0.05, 0.1) is 12.2 Å². The van der Waals surface area contributed by atoms with Gasteiger partial charge in [-0.25, -0.2) is 0 Å². The van der Waals surface area contributed by atoms with E-state index in [0.717, 1.165) is 15.9 Å². The van der Waals surface area contributed by atoms with E-state index in [0.29, 0.717) is 18.4 Å². The average molecular weight is 563 g/mol. The van der Waals surface area contributed by atoms with Crippen LogP contribution in [0.15, 0.2) is 84.0 Å². The lowest BCUT2D eigenvalue weighted by Gasteiger charge is -2.51. The number of hydrogen-bond acceptors (Lipinski definition) is 6. The van der Waals surface area contributed by atoms with Crippen LogP contribution in [0.5, 0.6) is 0 Å². The van der Waals surface area contributed by atoms with Gasteiger partial charge in [-0.1, -0.05) is 81.4 Å². The third-order valence-electron chi connectivity index (χ3n) is 8.79. The van der Waals surface area contributed by atoms with Gasteiger partial charge in [-0.15, -0.1) is 0 Å². The molecule has 1 unspecified atom stereocenters. The fourth-order valence-electron chi connectivity index (χ4n) is 7.06. The van der Waals surface area contributed by atoms with Crippen LogP contribution in [0, 0.1) is 0 Å². The first-order chi connectivity index (χ1) is 18.8. The molecule has 214 valence electrons. The minimum Gasteiger partial charge on any atom is -0.400 e. The topological polar surface area (TPSA) is 63.2 Å². The second-order valence-corrected chi connectivity index (χ2v) is 16.9.